The fourth-order valence-electron chi connectivity index (χ4n) is 3.00. The lowest BCUT2D eigenvalue weighted by Gasteiger charge is -2.26. The number of hydrogen-bond donors (Lipinski definition) is 2. The summed E-state index contributed by atoms with van der Waals surface area (Å²) in [4.78, 5) is 15.6. The molecule has 0 saturated heterocycles. The number of para-hydroxylation sites is 1. The summed E-state index contributed by atoms with van der Waals surface area (Å²) >= 11 is 0. The van der Waals surface area contributed by atoms with Crippen molar-refractivity contribution in [2.24, 2.45) is 0 Å². The molecular formula is C20H22N2O. The average molecular weight is 306 g/mol. The maximum Gasteiger partial charge on any atom is 0.224 e. The highest BCUT2D eigenvalue weighted by atomic mass is 16.1. The Morgan fingerprint density at radius 2 is 1.74 bits per heavy atom. The lowest BCUT2D eigenvalue weighted by Crippen LogP contribution is -2.45. The van der Waals surface area contributed by atoms with Crippen LogP contribution in [0.15, 0.2) is 60.8 Å². The third-order valence-corrected chi connectivity index (χ3v) is 3.99. The lowest BCUT2D eigenvalue weighted by atomic mass is 9.94. The molecule has 0 fully saturated rings. The van der Waals surface area contributed by atoms with Gasteiger partial charge in [-0.15, -0.1) is 0 Å². The van der Waals surface area contributed by atoms with E-state index >= 15 is 0 Å². The molecule has 3 heteroatoms. The van der Waals surface area contributed by atoms with Crippen LogP contribution in [0.4, 0.5) is 0 Å². The highest BCUT2D eigenvalue weighted by Gasteiger charge is 2.22. The molecule has 2 aromatic carbocycles. The molecule has 3 aromatic rings. The normalized spacial score (nSPS) is 11.6. The Balaban J connectivity index is 1.68. The van der Waals surface area contributed by atoms with E-state index in [0.717, 1.165) is 17.5 Å². The third-order valence-electron chi connectivity index (χ3n) is 3.99. The number of amides is 1. The van der Waals surface area contributed by atoms with Crippen LogP contribution in [0.1, 0.15) is 25.0 Å². The topological polar surface area (TPSA) is 44.9 Å². The first-order valence-electron chi connectivity index (χ1n) is 7.93. The SMILES string of the molecule is CC(C)(Cc1c[nH]c2ccccc12)NC(=O)Cc1ccccc1. The Kier molecular flexibility index (Phi) is 4.20. The number of nitrogens with one attached hydrogen (secondary N) is 2. The second-order valence-electron chi connectivity index (χ2n) is 6.63. The summed E-state index contributed by atoms with van der Waals surface area (Å²) in [7, 11) is 0. The van der Waals surface area contributed by atoms with Crippen LogP contribution in [0.2, 0.25) is 0 Å². The van der Waals surface area contributed by atoms with Gasteiger partial charge >= 0.3 is 0 Å². The molecule has 0 atom stereocenters. The van der Waals surface area contributed by atoms with Gasteiger partial charge in [0.2, 0.25) is 5.91 Å². The predicted octanol–water partition coefficient (Wildman–Crippen LogP) is 3.85. The van der Waals surface area contributed by atoms with E-state index in [2.05, 4.69) is 36.3 Å². The Morgan fingerprint density at radius 1 is 1.04 bits per heavy atom. The van der Waals surface area contributed by atoms with Crippen LogP contribution in [0.5, 0.6) is 0 Å². The maximum absolute atomic E-state index is 12.3. The number of benzene rings is 2. The average Bonchev–Trinajstić information content (AvgIpc) is 2.90. The molecule has 0 aliphatic rings. The molecule has 1 amide bonds. The van der Waals surface area contributed by atoms with Gasteiger partial charge < -0.3 is 10.3 Å². The van der Waals surface area contributed by atoms with E-state index in [1.165, 1.54) is 10.9 Å². The van der Waals surface area contributed by atoms with E-state index in [1.807, 2.05) is 48.7 Å². The molecule has 3 rings (SSSR count). The van der Waals surface area contributed by atoms with Gasteiger partial charge in [0.15, 0.2) is 0 Å². The standard InChI is InChI=1S/C20H22N2O/c1-20(2,22-19(23)12-15-8-4-3-5-9-15)13-16-14-21-18-11-7-6-10-17(16)18/h3-11,14,21H,12-13H2,1-2H3,(H,22,23). The molecule has 3 nitrogen and oxygen atoms in total. The van der Waals surface area contributed by atoms with Gasteiger partial charge in [-0.3, -0.25) is 4.79 Å². The van der Waals surface area contributed by atoms with E-state index in [0.29, 0.717) is 6.42 Å². The van der Waals surface area contributed by atoms with Gasteiger partial charge in [-0.2, -0.15) is 0 Å². The van der Waals surface area contributed by atoms with Crippen molar-refractivity contribution in [2.75, 3.05) is 0 Å². The first kappa shape index (κ1) is 15.3. The highest BCUT2D eigenvalue weighted by molar-refractivity contribution is 5.83. The number of carbonyl (C=O) groups excluding carboxylic acids is 1. The van der Waals surface area contributed by atoms with Crippen LogP contribution in [0.25, 0.3) is 10.9 Å². The van der Waals surface area contributed by atoms with Crippen molar-refractivity contribution < 1.29 is 4.79 Å². The number of aromatic amines is 1. The quantitative estimate of drug-likeness (QED) is 0.739. The Hall–Kier alpha value is -2.55. The largest absolute Gasteiger partial charge is 0.361 e. The second kappa shape index (κ2) is 6.29. The Bertz CT molecular complexity index is 803. The van der Waals surface area contributed by atoms with Crippen LogP contribution < -0.4 is 5.32 Å². The van der Waals surface area contributed by atoms with E-state index in [-0.39, 0.29) is 11.4 Å². The van der Waals surface area contributed by atoms with Gasteiger partial charge in [-0.05, 0) is 37.5 Å². The summed E-state index contributed by atoms with van der Waals surface area (Å²) in [5.74, 6) is 0.0565. The van der Waals surface area contributed by atoms with Crippen LogP contribution in [0.3, 0.4) is 0 Å². The van der Waals surface area contributed by atoms with Gasteiger partial charge in [0.1, 0.15) is 0 Å². The molecule has 1 aromatic heterocycles. The van der Waals surface area contributed by atoms with Crippen molar-refractivity contribution in [2.45, 2.75) is 32.2 Å². The van der Waals surface area contributed by atoms with Crippen molar-refractivity contribution >= 4 is 16.8 Å². The number of aromatic nitrogens is 1. The molecule has 23 heavy (non-hydrogen) atoms. The molecular weight excluding hydrogens is 284 g/mol. The lowest BCUT2D eigenvalue weighted by molar-refractivity contribution is -0.122. The Labute approximate surface area is 136 Å². The van der Waals surface area contributed by atoms with Crippen molar-refractivity contribution in [3.63, 3.8) is 0 Å². The van der Waals surface area contributed by atoms with Gasteiger partial charge in [0.25, 0.3) is 0 Å². The molecule has 0 saturated carbocycles. The minimum Gasteiger partial charge on any atom is -0.361 e. The fourth-order valence-corrected chi connectivity index (χ4v) is 3.00. The summed E-state index contributed by atoms with van der Waals surface area (Å²) < 4.78 is 0. The van der Waals surface area contributed by atoms with Crippen LogP contribution in [-0.4, -0.2) is 16.4 Å². The van der Waals surface area contributed by atoms with Gasteiger partial charge in [-0.1, -0.05) is 48.5 Å². The molecule has 0 aliphatic heterocycles. The van der Waals surface area contributed by atoms with Gasteiger partial charge in [0.05, 0.1) is 6.42 Å². The van der Waals surface area contributed by atoms with Crippen molar-refractivity contribution in [3.05, 3.63) is 71.9 Å². The molecule has 0 aliphatic carbocycles. The summed E-state index contributed by atoms with van der Waals surface area (Å²) in [6.07, 6.45) is 3.24. The molecule has 0 bridgehead atoms. The molecule has 0 spiro atoms. The van der Waals surface area contributed by atoms with E-state index in [9.17, 15) is 4.79 Å². The Morgan fingerprint density at radius 3 is 2.52 bits per heavy atom. The zero-order valence-electron chi connectivity index (χ0n) is 13.6. The van der Waals surface area contributed by atoms with Crippen molar-refractivity contribution in [1.82, 2.24) is 10.3 Å². The predicted molar refractivity (Wildman–Crippen MR) is 94.4 cm³/mol. The van der Waals surface area contributed by atoms with E-state index in [4.69, 9.17) is 0 Å². The second-order valence-corrected chi connectivity index (χ2v) is 6.63. The first-order chi connectivity index (χ1) is 11.0. The summed E-state index contributed by atoms with van der Waals surface area (Å²) in [5.41, 5.74) is 3.10. The number of fused-ring (bicyclic) bond motifs is 1. The fraction of sp³-hybridized carbons (Fsp3) is 0.250. The number of carbonyl (C=O) groups is 1. The number of rotatable bonds is 5. The minimum absolute atomic E-state index is 0.0565. The maximum atomic E-state index is 12.3. The van der Waals surface area contributed by atoms with Crippen LogP contribution >= 0.6 is 0 Å². The number of H-pyrrole nitrogens is 1. The van der Waals surface area contributed by atoms with Crippen LogP contribution in [-0.2, 0) is 17.6 Å². The van der Waals surface area contributed by atoms with Crippen LogP contribution in [0, 0.1) is 0 Å². The third kappa shape index (κ3) is 3.81. The van der Waals surface area contributed by atoms with Crippen molar-refractivity contribution in [1.29, 1.82) is 0 Å². The molecule has 118 valence electrons. The highest BCUT2D eigenvalue weighted by Crippen LogP contribution is 2.22. The first-order valence-corrected chi connectivity index (χ1v) is 7.93. The monoisotopic (exact) mass is 306 g/mol. The molecule has 0 radical (unpaired) electrons. The van der Waals surface area contributed by atoms with Crippen molar-refractivity contribution in [3.8, 4) is 0 Å². The van der Waals surface area contributed by atoms with E-state index < -0.39 is 0 Å². The van der Waals surface area contributed by atoms with Gasteiger partial charge in [0, 0.05) is 22.6 Å². The number of hydrogen-bond acceptors (Lipinski definition) is 1. The summed E-state index contributed by atoms with van der Waals surface area (Å²) in [6, 6.07) is 18.1. The zero-order chi connectivity index (χ0) is 16.3. The summed E-state index contributed by atoms with van der Waals surface area (Å²) in [5, 5.41) is 4.38. The molecule has 0 unspecified atom stereocenters. The van der Waals surface area contributed by atoms with Gasteiger partial charge in [-0.25, -0.2) is 0 Å². The van der Waals surface area contributed by atoms with E-state index in [1.54, 1.807) is 0 Å². The smallest absolute Gasteiger partial charge is 0.224 e. The minimum atomic E-state index is -0.295. The molecule has 2 N–H and O–H groups in total. The zero-order valence-corrected chi connectivity index (χ0v) is 13.6. The summed E-state index contributed by atoms with van der Waals surface area (Å²) in [6.45, 7) is 4.13. The molecule has 1 heterocycles.